The fourth-order valence-electron chi connectivity index (χ4n) is 12.6. The normalized spacial score (nSPS) is 11.2. The number of aryl methyl sites for hydroxylation is 1. The third-order valence-corrected chi connectivity index (χ3v) is 21.4. The summed E-state index contributed by atoms with van der Waals surface area (Å²) in [7, 11) is 1.41. The summed E-state index contributed by atoms with van der Waals surface area (Å²) < 4.78 is 23.2. The van der Waals surface area contributed by atoms with Crippen LogP contribution >= 0.6 is 104 Å². The van der Waals surface area contributed by atoms with Crippen LogP contribution in [0.2, 0.25) is 41.2 Å². The van der Waals surface area contributed by atoms with Crippen LogP contribution < -0.4 is 15.6 Å². The highest BCUT2D eigenvalue weighted by Gasteiger charge is 2.26. The number of hydrogen-bond donors (Lipinski definition) is 5. The number of hydrogen-bond acceptors (Lipinski definition) is 28. The number of carboxylic acids is 1. The summed E-state index contributed by atoms with van der Waals surface area (Å²) >= 11 is 53.0. The highest BCUT2D eigenvalue weighted by molar-refractivity contribution is 6.42. The fourth-order valence-corrected chi connectivity index (χ4v) is 14.6. The monoisotopic (exact) mass is 1960 g/mol. The second-order valence-electron chi connectivity index (χ2n) is 27.2. The van der Waals surface area contributed by atoms with E-state index in [1.165, 1.54) is 74.0 Å². The number of H-pyrrole nitrogens is 1. The zero-order valence-electron chi connectivity index (χ0n) is 71.8. The van der Waals surface area contributed by atoms with Crippen LogP contribution in [0.15, 0.2) is 215 Å². The number of benzene rings is 5. The van der Waals surface area contributed by atoms with Crippen molar-refractivity contribution in [3.05, 3.63) is 306 Å². The molecule has 0 amide bonds. The van der Waals surface area contributed by atoms with Crippen LogP contribution in [-0.2, 0) is 73.5 Å². The molecule has 0 saturated heterocycles. The lowest BCUT2D eigenvalue weighted by Crippen LogP contribution is -2.30. The molecule has 0 radical (unpaired) electrons. The van der Waals surface area contributed by atoms with Crippen LogP contribution in [0.4, 0.5) is 5.82 Å². The van der Waals surface area contributed by atoms with E-state index in [2.05, 4.69) is 113 Å². The number of carbonyl (C=O) groups is 4. The van der Waals surface area contributed by atoms with E-state index in [0.717, 1.165) is 97.9 Å². The van der Waals surface area contributed by atoms with Gasteiger partial charge in [0.2, 0.25) is 0 Å². The zero-order valence-corrected chi connectivity index (χ0v) is 78.6. The number of alkyl halides is 1. The first-order valence-electron chi connectivity index (χ1n) is 40.6. The van der Waals surface area contributed by atoms with Crippen molar-refractivity contribution in [1.29, 1.82) is 0 Å². The molecule has 10 aromatic heterocycles. The summed E-state index contributed by atoms with van der Waals surface area (Å²) in [5.41, 5.74) is 21.5. The summed E-state index contributed by atoms with van der Waals surface area (Å²) in [6, 6.07) is 49.3. The number of carboxylic acid groups (broad SMARTS) is 1. The molecule has 40 heteroatoms. The zero-order chi connectivity index (χ0) is 94.7. The van der Waals surface area contributed by atoms with Gasteiger partial charge >= 0.3 is 5.97 Å². The number of aromatic nitrogens is 19. The Hall–Kier alpha value is -12.0. The van der Waals surface area contributed by atoms with E-state index in [0.29, 0.717) is 134 Å². The van der Waals surface area contributed by atoms with E-state index in [1.807, 2.05) is 167 Å². The smallest absolute Gasteiger partial charge is 0.377 e. The molecule has 0 bridgehead atoms. The molecular weight excluding hydrogens is 1880 g/mol. The summed E-state index contributed by atoms with van der Waals surface area (Å²) in [5.74, 6) is 0.0587. The molecule has 15 aromatic rings. The first-order valence-corrected chi connectivity index (χ1v) is 44.1. The van der Waals surface area contributed by atoms with Gasteiger partial charge in [-0.15, -0.1) is 11.6 Å². The summed E-state index contributed by atoms with van der Waals surface area (Å²) in [6.07, 6.45) is 19.0. The lowest BCUT2D eigenvalue weighted by atomic mass is 10.0. The van der Waals surface area contributed by atoms with Crippen molar-refractivity contribution in [3.8, 4) is 67.9 Å². The third kappa shape index (κ3) is 30.3. The fraction of sp³-hybridized carbons (Fsp3) is 0.228. The molecule has 0 spiro atoms. The number of aliphatic hydroxyl groups is 1. The Kier molecular flexibility index (Phi) is 43.5. The number of methoxy groups -OCH3 is 1. The Labute approximate surface area is 805 Å². The largest absolute Gasteiger partial charge is 0.494 e. The number of carbonyl (C=O) groups excluding carboxylic acids is 3. The Morgan fingerprint density at radius 3 is 1.30 bits per heavy atom. The maximum absolute atomic E-state index is 11.8. The maximum Gasteiger partial charge on any atom is 0.377 e. The highest BCUT2D eigenvalue weighted by Crippen LogP contribution is 2.35. The molecule has 5 aromatic carbocycles. The number of nitrogens with zero attached hydrogens (tertiary/aromatic N) is 18. The lowest BCUT2D eigenvalue weighted by molar-refractivity contribution is -0.134. The number of aldehydes is 2. The standard InChI is InChI=1S/C16H19ClN2O2.C13H11N5O4.C12H10Cl2N2.C12H11ClN2O.C12H9ClN2O.C12H12N4.C9H12Cl2N2O.C6H4Cl2N2O/c1-3-20-14(21-4-2)10-13-15(18-11-19-16(13)17)12-8-6-5-7-9-12;1-6-16-5-18(17-6)12-10-9(8(22-2)4-15-12)7(3-14-10)11(19)13(20)21;13-7-6-10-11(15-8-16-12(10)14)9-4-2-1-3-5-9;2*13-12-10(6-7-16)11(14-8-15-12)9-4-2-1-3-5-9;1-2-4-9(5-3-1)11-10-6-7-15-16-12(10)14-8-13-11;1-3-14-6(2)4-7-8(10)12-5-13-9(7)11;7-5-4(1-2-11)6(8)10-3-9-5/h5-9,11,14H,3-4,10H2,1-2H3;3-5,14H,1-2H3,(H,20,21);1-5,8H,6-7H2;1-5,8,16H,6-7H2;1-5,7-8H,6H2;1-5,8,15H,6-7H2,(H,13,14,16);5-6H,3-4H2,1-2H3;2-3H,1H2. The number of ketones is 1. The van der Waals surface area contributed by atoms with Crippen LogP contribution in [-0.4, -0.2) is 187 Å². The minimum atomic E-state index is -1.54. The lowest BCUT2D eigenvalue weighted by Gasteiger charge is -2.19. The Bertz CT molecular complexity index is 6050. The molecular formula is C92H88Cl9N21O10. The van der Waals surface area contributed by atoms with Gasteiger partial charge in [0.05, 0.1) is 64.3 Å². The number of hydrazine groups is 1. The van der Waals surface area contributed by atoms with Gasteiger partial charge < -0.3 is 49.2 Å². The van der Waals surface area contributed by atoms with E-state index in [-0.39, 0.29) is 47.7 Å². The molecule has 1 unspecified atom stereocenters. The molecule has 684 valence electrons. The van der Waals surface area contributed by atoms with Gasteiger partial charge in [-0.1, -0.05) is 244 Å². The number of halogens is 9. The number of nitrogens with one attached hydrogen (secondary N) is 3. The molecule has 31 nitrogen and oxygen atoms in total. The van der Waals surface area contributed by atoms with Crippen molar-refractivity contribution in [2.75, 3.05) is 51.4 Å². The molecule has 132 heavy (non-hydrogen) atoms. The molecule has 11 heterocycles. The van der Waals surface area contributed by atoms with E-state index < -0.39 is 11.8 Å². The van der Waals surface area contributed by atoms with Crippen molar-refractivity contribution >= 4 is 145 Å². The van der Waals surface area contributed by atoms with Crippen LogP contribution in [0.1, 0.15) is 82.8 Å². The predicted molar refractivity (Wildman–Crippen MR) is 511 cm³/mol. The first-order chi connectivity index (χ1) is 64.1. The van der Waals surface area contributed by atoms with Gasteiger partial charge in [0.1, 0.15) is 122 Å². The van der Waals surface area contributed by atoms with Crippen LogP contribution in [0.25, 0.3) is 73.0 Å². The van der Waals surface area contributed by atoms with E-state index in [4.69, 9.17) is 134 Å². The van der Waals surface area contributed by atoms with Crippen LogP contribution in [0.3, 0.4) is 0 Å². The van der Waals surface area contributed by atoms with Gasteiger partial charge in [0.25, 0.3) is 5.78 Å². The van der Waals surface area contributed by atoms with Gasteiger partial charge in [-0.05, 0) is 47.5 Å². The second-order valence-corrected chi connectivity index (χ2v) is 30.4. The minimum absolute atomic E-state index is 0.000151. The average Bonchev–Trinajstić information content (AvgIpc) is 1.61. The number of aliphatic hydroxyl groups excluding tert-OH is 1. The number of aliphatic carboxylic acids is 1. The third-order valence-electron chi connectivity index (χ3n) is 18.6. The van der Waals surface area contributed by atoms with Gasteiger partial charge in [-0.25, -0.2) is 94.6 Å². The molecule has 0 saturated carbocycles. The maximum atomic E-state index is 11.8. The van der Waals surface area contributed by atoms with E-state index in [1.54, 1.807) is 13.3 Å². The molecule has 5 N–H and O–H groups in total. The first kappa shape index (κ1) is 104. The summed E-state index contributed by atoms with van der Waals surface area (Å²) in [5, 5.41) is 25.3. The van der Waals surface area contributed by atoms with Crippen molar-refractivity contribution in [2.45, 2.75) is 92.0 Å². The van der Waals surface area contributed by atoms with E-state index in [9.17, 15) is 19.2 Å². The topological polar surface area (TPSA) is 410 Å². The number of rotatable bonds is 27. The number of aromatic amines is 1. The molecule has 1 aliphatic heterocycles. The Morgan fingerprint density at radius 1 is 0.485 bits per heavy atom. The number of ether oxygens (including phenoxy) is 4. The molecule has 16 rings (SSSR count). The Balaban J connectivity index is 0.000000171. The van der Waals surface area contributed by atoms with Gasteiger partial charge in [-0.3, -0.25) is 4.79 Å². The van der Waals surface area contributed by atoms with Gasteiger partial charge in [-0.2, -0.15) is 5.10 Å². The SMILES string of the molecule is CCOC(C)Cc1c(Cl)ncnc1Cl.CCOC(Cc1c(Cl)ncnc1-c1ccccc1)OCC.COc1cnc(-n2cnc(C)n2)c2[nH]cc(C(=O)C(=O)O)c12.ClCCc1c(Cl)ncnc1-c1ccccc1.O=CCc1c(Cl)ncnc1-c1ccccc1.O=CCc1c(Cl)ncnc1Cl.OCCc1c(Cl)ncnc1-c1ccccc1.c1ccc(-c2ncnc3c2CCNN3)cc1. The molecule has 1 atom stereocenters. The molecule has 0 fully saturated rings. The van der Waals surface area contributed by atoms with Crippen molar-refractivity contribution in [3.63, 3.8) is 0 Å². The number of pyridine rings is 1. The quantitative estimate of drug-likeness (QED) is 0.00797. The highest BCUT2D eigenvalue weighted by atomic mass is 35.5. The molecule has 1 aliphatic rings. The predicted octanol–water partition coefficient (Wildman–Crippen LogP) is 18.8. The number of fused-ring (bicyclic) bond motifs is 2. The van der Waals surface area contributed by atoms with Crippen LogP contribution in [0, 0.1) is 6.92 Å². The van der Waals surface area contributed by atoms with E-state index >= 15 is 0 Å². The van der Waals surface area contributed by atoms with Gasteiger partial charge in [0, 0.05) is 144 Å². The van der Waals surface area contributed by atoms with Crippen molar-refractivity contribution in [2.24, 2.45) is 0 Å². The Morgan fingerprint density at radius 2 is 0.879 bits per heavy atom. The van der Waals surface area contributed by atoms with Crippen molar-refractivity contribution in [1.82, 2.24) is 99.9 Å². The minimum Gasteiger partial charge on any atom is -0.494 e. The second kappa shape index (κ2) is 55.3. The van der Waals surface area contributed by atoms with Crippen molar-refractivity contribution < 1.29 is 48.3 Å². The van der Waals surface area contributed by atoms with Crippen LogP contribution in [0.5, 0.6) is 5.75 Å². The summed E-state index contributed by atoms with van der Waals surface area (Å²) in [6.45, 7) is 12.3. The average molecular weight is 1970 g/mol. The summed E-state index contributed by atoms with van der Waals surface area (Å²) in [4.78, 5) is 111. The number of anilines is 1. The number of Topliss-reactive ketones (excluding diaryl/α,β-unsaturated/α-hetero) is 1. The molecule has 0 aliphatic carbocycles. The van der Waals surface area contributed by atoms with Gasteiger partial charge in [0.15, 0.2) is 12.1 Å².